The van der Waals surface area contributed by atoms with Crippen LogP contribution in [0, 0.1) is 11.3 Å². The summed E-state index contributed by atoms with van der Waals surface area (Å²) in [4.78, 5) is 4.07. The number of benzene rings is 1. The summed E-state index contributed by atoms with van der Waals surface area (Å²) in [6, 6.07) is 9.45. The third-order valence-corrected chi connectivity index (χ3v) is 2.08. The molecule has 0 atom stereocenters. The van der Waals surface area contributed by atoms with Gasteiger partial charge >= 0.3 is 0 Å². The second-order valence-electron chi connectivity index (χ2n) is 2.83. The van der Waals surface area contributed by atoms with E-state index in [1.54, 1.807) is 19.4 Å². The maximum Gasteiger partial charge on any atom is 0.221 e. The fourth-order valence-corrected chi connectivity index (χ4v) is 1.44. The quantitative estimate of drug-likeness (QED) is 0.681. The minimum atomic E-state index is 0.555. The Morgan fingerprint density at radius 3 is 2.86 bits per heavy atom. The summed E-state index contributed by atoms with van der Waals surface area (Å²) in [7, 11) is 1.57. The molecule has 3 heteroatoms. The molecule has 0 aliphatic rings. The lowest BCUT2D eigenvalue weighted by atomic mass is 10.1. The lowest BCUT2D eigenvalue weighted by Gasteiger charge is -2.03. The van der Waals surface area contributed by atoms with Gasteiger partial charge in [-0.2, -0.15) is 5.26 Å². The van der Waals surface area contributed by atoms with E-state index in [1.165, 1.54) is 0 Å². The molecule has 0 fully saturated rings. The predicted octanol–water partition coefficient (Wildman–Crippen LogP) is 2.12. The molecule has 3 nitrogen and oxygen atoms in total. The van der Waals surface area contributed by atoms with Gasteiger partial charge in [-0.3, -0.25) is 0 Å². The van der Waals surface area contributed by atoms with Crippen molar-refractivity contribution in [3.63, 3.8) is 0 Å². The highest BCUT2D eigenvalue weighted by molar-refractivity contribution is 5.91. The van der Waals surface area contributed by atoms with Crippen LogP contribution in [0.3, 0.4) is 0 Å². The summed E-state index contributed by atoms with van der Waals surface area (Å²) in [6.45, 7) is 0. The van der Waals surface area contributed by atoms with Gasteiger partial charge in [0.2, 0.25) is 5.88 Å². The molecular formula is C11H8N2O. The molecule has 0 unspecified atom stereocenters. The lowest BCUT2D eigenvalue weighted by molar-refractivity contribution is 0.403. The highest BCUT2D eigenvalue weighted by atomic mass is 16.5. The number of rotatable bonds is 1. The third-order valence-electron chi connectivity index (χ3n) is 2.08. The number of ether oxygens (including phenoxy) is 1. The Bertz CT molecular complexity index is 514. The number of pyridine rings is 1. The van der Waals surface area contributed by atoms with Crippen LogP contribution >= 0.6 is 0 Å². The number of nitriles is 1. The molecule has 2 aromatic rings. The molecular weight excluding hydrogens is 176 g/mol. The first kappa shape index (κ1) is 8.52. The van der Waals surface area contributed by atoms with E-state index in [0.717, 1.165) is 10.8 Å². The lowest BCUT2D eigenvalue weighted by Crippen LogP contribution is -1.89. The van der Waals surface area contributed by atoms with Crippen molar-refractivity contribution in [3.8, 4) is 11.9 Å². The highest BCUT2D eigenvalue weighted by Gasteiger charge is 2.04. The molecule has 0 aliphatic carbocycles. The van der Waals surface area contributed by atoms with E-state index in [1.807, 2.05) is 18.2 Å². The zero-order chi connectivity index (χ0) is 9.97. The SMILES string of the molecule is COc1nccc2c(C#N)cccc12. The van der Waals surface area contributed by atoms with Crippen molar-refractivity contribution in [3.05, 3.63) is 36.0 Å². The fourth-order valence-electron chi connectivity index (χ4n) is 1.44. The highest BCUT2D eigenvalue weighted by Crippen LogP contribution is 2.24. The summed E-state index contributed by atoms with van der Waals surface area (Å²) in [5.41, 5.74) is 0.642. The van der Waals surface area contributed by atoms with Crippen molar-refractivity contribution >= 4 is 10.8 Å². The molecule has 0 aliphatic heterocycles. The molecule has 0 saturated heterocycles. The Kier molecular flexibility index (Phi) is 2.04. The zero-order valence-corrected chi connectivity index (χ0v) is 7.69. The predicted molar refractivity (Wildman–Crippen MR) is 53.0 cm³/mol. The summed E-state index contributed by atoms with van der Waals surface area (Å²) in [6.07, 6.45) is 1.64. The van der Waals surface area contributed by atoms with Crippen LogP contribution in [0.25, 0.3) is 10.8 Å². The number of hydrogen-bond donors (Lipinski definition) is 0. The van der Waals surface area contributed by atoms with Gasteiger partial charge in [0.05, 0.1) is 18.7 Å². The van der Waals surface area contributed by atoms with Crippen LogP contribution in [0.2, 0.25) is 0 Å². The number of fused-ring (bicyclic) bond motifs is 1. The summed E-state index contributed by atoms with van der Waals surface area (Å²) < 4.78 is 5.11. The van der Waals surface area contributed by atoms with E-state index in [-0.39, 0.29) is 0 Å². The second kappa shape index (κ2) is 3.35. The summed E-state index contributed by atoms with van der Waals surface area (Å²) in [5, 5.41) is 10.6. The first-order chi connectivity index (χ1) is 6.86. The van der Waals surface area contributed by atoms with Crippen molar-refractivity contribution in [1.82, 2.24) is 4.98 Å². The Morgan fingerprint density at radius 1 is 1.29 bits per heavy atom. The minimum Gasteiger partial charge on any atom is -0.481 e. The molecule has 0 bridgehead atoms. The molecule has 68 valence electrons. The van der Waals surface area contributed by atoms with Crippen molar-refractivity contribution in [2.45, 2.75) is 0 Å². The van der Waals surface area contributed by atoms with Gasteiger partial charge in [-0.05, 0) is 18.2 Å². The number of hydrogen-bond acceptors (Lipinski definition) is 3. The van der Waals surface area contributed by atoms with Gasteiger partial charge in [0.25, 0.3) is 0 Å². The maximum absolute atomic E-state index is 8.89. The average Bonchev–Trinajstić information content (AvgIpc) is 2.27. The van der Waals surface area contributed by atoms with Crippen LogP contribution in [-0.2, 0) is 0 Å². The van der Waals surface area contributed by atoms with E-state index < -0.39 is 0 Å². The Balaban J connectivity index is 2.86. The maximum atomic E-state index is 8.89. The minimum absolute atomic E-state index is 0.555. The molecule has 2 rings (SSSR count). The fraction of sp³-hybridized carbons (Fsp3) is 0.0909. The van der Waals surface area contributed by atoms with Crippen molar-refractivity contribution in [2.75, 3.05) is 7.11 Å². The largest absolute Gasteiger partial charge is 0.481 e. The van der Waals surface area contributed by atoms with E-state index in [4.69, 9.17) is 10.00 Å². The van der Waals surface area contributed by atoms with Crippen LogP contribution in [-0.4, -0.2) is 12.1 Å². The van der Waals surface area contributed by atoms with Crippen molar-refractivity contribution in [1.29, 1.82) is 5.26 Å². The standard InChI is InChI=1S/C11H8N2O/c1-14-11-10-4-2-3-8(7-12)9(10)5-6-13-11/h2-6H,1H3. The van der Waals surface area contributed by atoms with Crippen molar-refractivity contribution < 1.29 is 4.74 Å². The third kappa shape index (κ3) is 1.17. The van der Waals surface area contributed by atoms with Crippen LogP contribution in [0.15, 0.2) is 30.5 Å². The zero-order valence-electron chi connectivity index (χ0n) is 7.69. The van der Waals surface area contributed by atoms with E-state index in [0.29, 0.717) is 11.4 Å². The Hall–Kier alpha value is -2.08. The van der Waals surface area contributed by atoms with Gasteiger partial charge in [-0.25, -0.2) is 4.98 Å². The molecule has 14 heavy (non-hydrogen) atoms. The van der Waals surface area contributed by atoms with Gasteiger partial charge in [0.1, 0.15) is 0 Å². The first-order valence-corrected chi connectivity index (χ1v) is 4.18. The number of aromatic nitrogens is 1. The molecule has 0 amide bonds. The van der Waals surface area contributed by atoms with E-state index >= 15 is 0 Å². The average molecular weight is 184 g/mol. The van der Waals surface area contributed by atoms with Gasteiger partial charge in [-0.1, -0.05) is 6.07 Å². The molecule has 0 radical (unpaired) electrons. The second-order valence-corrected chi connectivity index (χ2v) is 2.83. The molecule has 0 spiro atoms. The normalized spacial score (nSPS) is 9.71. The van der Waals surface area contributed by atoms with Gasteiger partial charge in [0.15, 0.2) is 0 Å². The monoisotopic (exact) mass is 184 g/mol. The molecule has 1 aromatic heterocycles. The topological polar surface area (TPSA) is 45.9 Å². The molecule has 1 aromatic carbocycles. The summed E-state index contributed by atoms with van der Waals surface area (Å²) in [5.74, 6) is 0.555. The van der Waals surface area contributed by atoms with E-state index in [9.17, 15) is 0 Å². The van der Waals surface area contributed by atoms with Crippen molar-refractivity contribution in [2.24, 2.45) is 0 Å². The van der Waals surface area contributed by atoms with Crippen LogP contribution < -0.4 is 4.74 Å². The Morgan fingerprint density at radius 2 is 2.14 bits per heavy atom. The number of nitrogens with zero attached hydrogens (tertiary/aromatic N) is 2. The van der Waals surface area contributed by atoms with Crippen LogP contribution in [0.4, 0.5) is 0 Å². The smallest absolute Gasteiger partial charge is 0.221 e. The number of methoxy groups -OCH3 is 1. The molecule has 1 heterocycles. The van der Waals surface area contributed by atoms with Crippen LogP contribution in [0.5, 0.6) is 5.88 Å². The Labute approximate surface area is 81.6 Å². The van der Waals surface area contributed by atoms with Gasteiger partial charge in [-0.15, -0.1) is 0 Å². The molecule has 0 saturated carbocycles. The van der Waals surface area contributed by atoms with Gasteiger partial charge < -0.3 is 4.74 Å². The van der Waals surface area contributed by atoms with Crippen LogP contribution in [0.1, 0.15) is 5.56 Å². The summed E-state index contributed by atoms with van der Waals surface area (Å²) >= 11 is 0. The van der Waals surface area contributed by atoms with Gasteiger partial charge in [0, 0.05) is 17.0 Å². The van der Waals surface area contributed by atoms with E-state index in [2.05, 4.69) is 11.1 Å². The first-order valence-electron chi connectivity index (χ1n) is 4.18. The molecule has 0 N–H and O–H groups in total.